The van der Waals surface area contributed by atoms with Gasteiger partial charge in [0.15, 0.2) is 6.29 Å². The van der Waals surface area contributed by atoms with E-state index in [2.05, 4.69) is 31.3 Å². The summed E-state index contributed by atoms with van der Waals surface area (Å²) in [5.41, 5.74) is 0. The Morgan fingerprint density at radius 2 is 1.16 bits per heavy atom. The van der Waals surface area contributed by atoms with E-state index in [-0.39, 0.29) is 12.5 Å². The van der Waals surface area contributed by atoms with Crippen molar-refractivity contribution < 1.29 is 39.8 Å². The fourth-order valence-electron chi connectivity index (χ4n) is 6.39. The summed E-state index contributed by atoms with van der Waals surface area (Å²) >= 11 is 0. The third-order valence-corrected chi connectivity index (χ3v) is 9.75. The Labute approximate surface area is 305 Å². The molecule has 0 saturated carbocycles. The molecule has 9 heteroatoms. The fourth-order valence-corrected chi connectivity index (χ4v) is 6.39. The molecule has 50 heavy (non-hydrogen) atoms. The molecule has 1 heterocycles. The van der Waals surface area contributed by atoms with E-state index < -0.39 is 49.5 Å². The molecule has 1 saturated heterocycles. The van der Waals surface area contributed by atoms with Crippen molar-refractivity contribution in [3.05, 3.63) is 24.3 Å². The van der Waals surface area contributed by atoms with E-state index in [1.807, 2.05) is 6.08 Å². The highest BCUT2D eigenvalue weighted by Crippen LogP contribution is 2.22. The Morgan fingerprint density at radius 1 is 0.660 bits per heavy atom. The molecule has 9 nitrogen and oxygen atoms in total. The lowest BCUT2D eigenvalue weighted by Crippen LogP contribution is -2.60. The summed E-state index contributed by atoms with van der Waals surface area (Å²) in [5, 5.41) is 54.0. The number of carbonyl (C=O) groups excluding carboxylic acids is 1. The van der Waals surface area contributed by atoms with E-state index in [0.717, 1.165) is 44.9 Å². The summed E-state index contributed by atoms with van der Waals surface area (Å²) in [6.07, 6.45) is 29.3. The second-order valence-corrected chi connectivity index (χ2v) is 14.4. The van der Waals surface area contributed by atoms with Crippen LogP contribution in [-0.4, -0.2) is 87.5 Å². The number of rotatable bonds is 33. The summed E-state index contributed by atoms with van der Waals surface area (Å²) in [4.78, 5) is 12.9. The van der Waals surface area contributed by atoms with Crippen LogP contribution in [0.25, 0.3) is 0 Å². The number of allylic oxidation sites excluding steroid dienone is 3. The summed E-state index contributed by atoms with van der Waals surface area (Å²) < 4.78 is 11.2. The maximum absolute atomic E-state index is 12.9. The summed E-state index contributed by atoms with van der Waals surface area (Å²) in [6, 6.07) is -0.802. The van der Waals surface area contributed by atoms with Gasteiger partial charge in [-0.05, 0) is 38.5 Å². The third kappa shape index (κ3) is 23.3. The first-order chi connectivity index (χ1) is 24.3. The summed E-state index contributed by atoms with van der Waals surface area (Å²) in [5.74, 6) is -0.181. The molecule has 1 aliphatic rings. The van der Waals surface area contributed by atoms with E-state index in [0.29, 0.717) is 6.42 Å². The predicted octanol–water partition coefficient (Wildman–Crippen LogP) is 7.55. The van der Waals surface area contributed by atoms with Crippen molar-refractivity contribution in [1.29, 1.82) is 0 Å². The predicted molar refractivity (Wildman–Crippen MR) is 203 cm³/mol. The molecule has 0 radical (unpaired) electrons. The molecular formula is C41H77NO8. The van der Waals surface area contributed by atoms with Gasteiger partial charge in [-0.3, -0.25) is 4.79 Å². The van der Waals surface area contributed by atoms with Crippen LogP contribution < -0.4 is 5.32 Å². The Kier molecular flexibility index (Phi) is 30.2. The Bertz CT molecular complexity index is 837. The molecule has 1 fully saturated rings. The summed E-state index contributed by atoms with van der Waals surface area (Å²) in [6.45, 7) is 3.70. The van der Waals surface area contributed by atoms with Gasteiger partial charge >= 0.3 is 0 Å². The molecule has 1 amide bonds. The molecule has 0 aromatic heterocycles. The first-order valence-electron chi connectivity index (χ1n) is 20.6. The lowest BCUT2D eigenvalue weighted by Gasteiger charge is -2.40. The highest BCUT2D eigenvalue weighted by molar-refractivity contribution is 5.76. The van der Waals surface area contributed by atoms with Crippen LogP contribution in [0.2, 0.25) is 0 Å². The van der Waals surface area contributed by atoms with Crippen LogP contribution in [0.1, 0.15) is 174 Å². The topological polar surface area (TPSA) is 149 Å². The number of aliphatic hydroxyl groups excluding tert-OH is 5. The zero-order valence-corrected chi connectivity index (χ0v) is 31.9. The van der Waals surface area contributed by atoms with Crippen molar-refractivity contribution in [2.45, 2.75) is 217 Å². The maximum atomic E-state index is 12.9. The molecule has 6 N–H and O–H groups in total. The van der Waals surface area contributed by atoms with Crippen LogP contribution in [0.15, 0.2) is 24.3 Å². The molecule has 1 rings (SSSR count). The van der Waals surface area contributed by atoms with Gasteiger partial charge in [0.1, 0.15) is 24.4 Å². The highest BCUT2D eigenvalue weighted by atomic mass is 16.7. The highest BCUT2D eigenvalue weighted by Gasteiger charge is 2.44. The number of amides is 1. The van der Waals surface area contributed by atoms with Gasteiger partial charge in [0.2, 0.25) is 5.91 Å². The number of unbranched alkanes of at least 4 members (excludes halogenated alkanes) is 21. The van der Waals surface area contributed by atoms with Gasteiger partial charge in [-0.2, -0.15) is 0 Å². The molecule has 294 valence electrons. The van der Waals surface area contributed by atoms with E-state index >= 15 is 0 Å². The van der Waals surface area contributed by atoms with Crippen LogP contribution >= 0.6 is 0 Å². The number of hydrogen-bond acceptors (Lipinski definition) is 8. The third-order valence-electron chi connectivity index (χ3n) is 9.75. The van der Waals surface area contributed by atoms with Crippen LogP contribution in [0, 0.1) is 0 Å². The van der Waals surface area contributed by atoms with E-state index in [9.17, 15) is 30.3 Å². The van der Waals surface area contributed by atoms with Crippen LogP contribution in [0.3, 0.4) is 0 Å². The van der Waals surface area contributed by atoms with E-state index in [1.54, 1.807) is 6.08 Å². The van der Waals surface area contributed by atoms with Crippen LogP contribution in [0.5, 0.6) is 0 Å². The van der Waals surface area contributed by atoms with E-state index in [1.165, 1.54) is 109 Å². The van der Waals surface area contributed by atoms with Gasteiger partial charge in [-0.1, -0.05) is 154 Å². The second kappa shape index (κ2) is 32.3. The van der Waals surface area contributed by atoms with Gasteiger partial charge in [0.25, 0.3) is 0 Å². The van der Waals surface area contributed by atoms with E-state index in [4.69, 9.17) is 9.47 Å². The molecule has 7 atom stereocenters. The first kappa shape index (κ1) is 46.7. The minimum atomic E-state index is -1.56. The second-order valence-electron chi connectivity index (χ2n) is 14.4. The lowest BCUT2D eigenvalue weighted by atomic mass is 9.99. The minimum Gasteiger partial charge on any atom is -0.394 e. The average Bonchev–Trinajstić information content (AvgIpc) is 3.11. The first-order valence-corrected chi connectivity index (χ1v) is 20.6. The molecule has 2 unspecified atom stereocenters. The standard InChI is InChI=1S/C41H77NO8/c1-3-5-7-9-11-13-15-17-19-21-23-25-27-29-31-37(45)42-34(33-49-41-40(48)39(47)38(46)36(32-43)50-41)35(44)30-28-26-24-22-20-18-16-14-12-10-8-6-4-2/h8,10,28,30,34-36,38-41,43-44,46-48H,3-7,9,11-27,29,31-33H2,1-2H3,(H,42,45)/b10-8+,30-28+/t34-,35+,36-,38-,39?,40?,41-/m0/s1. The minimum absolute atomic E-state index is 0.181. The van der Waals surface area contributed by atoms with Crippen molar-refractivity contribution in [3.63, 3.8) is 0 Å². The average molecular weight is 712 g/mol. The summed E-state index contributed by atoms with van der Waals surface area (Å²) in [7, 11) is 0. The number of carbonyl (C=O) groups is 1. The maximum Gasteiger partial charge on any atom is 0.220 e. The quantitative estimate of drug-likeness (QED) is 0.0302. The Hall–Kier alpha value is -1.33. The molecule has 0 aliphatic carbocycles. The van der Waals surface area contributed by atoms with Gasteiger partial charge < -0.3 is 40.3 Å². The normalized spacial score (nSPS) is 22.4. The monoisotopic (exact) mass is 712 g/mol. The Balaban J connectivity index is 2.42. The van der Waals surface area contributed by atoms with Crippen molar-refractivity contribution in [1.82, 2.24) is 5.32 Å². The SMILES string of the molecule is CCC/C=C/CCCCCCCC/C=C/[C@@H](O)[C@H](CO[C@H]1O[C@@H](CO)[C@H](O)C(O)C1O)NC(=O)CCCCCCCCCCCCCCCC. The smallest absolute Gasteiger partial charge is 0.220 e. The van der Waals surface area contributed by atoms with Gasteiger partial charge in [-0.25, -0.2) is 0 Å². The van der Waals surface area contributed by atoms with Gasteiger partial charge in [0, 0.05) is 6.42 Å². The van der Waals surface area contributed by atoms with Crippen molar-refractivity contribution >= 4 is 5.91 Å². The van der Waals surface area contributed by atoms with Crippen molar-refractivity contribution in [2.75, 3.05) is 13.2 Å². The molecule has 0 spiro atoms. The zero-order valence-electron chi connectivity index (χ0n) is 31.9. The van der Waals surface area contributed by atoms with Crippen molar-refractivity contribution in [3.8, 4) is 0 Å². The number of nitrogens with one attached hydrogen (secondary N) is 1. The van der Waals surface area contributed by atoms with Gasteiger partial charge in [-0.15, -0.1) is 0 Å². The number of ether oxygens (including phenoxy) is 2. The van der Waals surface area contributed by atoms with Crippen molar-refractivity contribution in [2.24, 2.45) is 0 Å². The zero-order chi connectivity index (χ0) is 36.7. The number of aliphatic hydroxyl groups is 5. The molecule has 1 aliphatic heterocycles. The number of hydrogen-bond donors (Lipinski definition) is 6. The molecule has 0 aromatic rings. The fraction of sp³-hybridized carbons (Fsp3) is 0.878. The van der Waals surface area contributed by atoms with Crippen LogP contribution in [0.4, 0.5) is 0 Å². The van der Waals surface area contributed by atoms with Crippen LogP contribution in [-0.2, 0) is 14.3 Å². The largest absolute Gasteiger partial charge is 0.394 e. The Morgan fingerprint density at radius 3 is 1.70 bits per heavy atom. The molecule has 0 bridgehead atoms. The lowest BCUT2D eigenvalue weighted by molar-refractivity contribution is -0.302. The molecular weight excluding hydrogens is 634 g/mol. The van der Waals surface area contributed by atoms with Gasteiger partial charge in [0.05, 0.1) is 25.4 Å². The molecule has 0 aromatic carbocycles.